The number of amides is 1. The molecule has 0 unspecified atom stereocenters. The van der Waals surface area contributed by atoms with Crippen LogP contribution >= 0.6 is 0 Å². The van der Waals surface area contributed by atoms with Crippen LogP contribution in [0.2, 0.25) is 0 Å². The summed E-state index contributed by atoms with van der Waals surface area (Å²) in [4.78, 5) is 16.6. The number of hydrogen-bond donors (Lipinski definition) is 1. The summed E-state index contributed by atoms with van der Waals surface area (Å²) in [5.41, 5.74) is 3.46. The molecule has 31 heavy (non-hydrogen) atoms. The van der Waals surface area contributed by atoms with Crippen LogP contribution in [0, 0.1) is 18.6 Å². The summed E-state index contributed by atoms with van der Waals surface area (Å²) in [5, 5.41) is 6.70. The topological polar surface area (TPSA) is 68.0 Å². The van der Waals surface area contributed by atoms with Crippen molar-refractivity contribution < 1.29 is 18.1 Å². The van der Waals surface area contributed by atoms with Gasteiger partial charge >= 0.3 is 0 Å². The molecule has 0 bridgehead atoms. The maximum atomic E-state index is 14.4. The largest absolute Gasteiger partial charge is 0.337 e. The van der Waals surface area contributed by atoms with Crippen LogP contribution in [0.25, 0.3) is 22.4 Å². The molecule has 0 radical (unpaired) electrons. The lowest BCUT2D eigenvalue weighted by atomic mass is 10.0. The minimum absolute atomic E-state index is 0.0670. The lowest BCUT2D eigenvalue weighted by Crippen LogP contribution is -2.12. The van der Waals surface area contributed by atoms with Crippen molar-refractivity contribution in [2.45, 2.75) is 19.8 Å². The summed E-state index contributed by atoms with van der Waals surface area (Å²) in [7, 11) is 0. The fourth-order valence-electron chi connectivity index (χ4n) is 3.36. The SMILES string of the molecule is Cc1ccccc1CCC(=O)Nc1onc(-c2ccc(F)cc2F)c1-c1ccncc1. The van der Waals surface area contributed by atoms with E-state index in [4.69, 9.17) is 4.52 Å². The summed E-state index contributed by atoms with van der Waals surface area (Å²) in [6.07, 6.45) is 3.94. The zero-order chi connectivity index (χ0) is 21.8. The number of nitrogens with one attached hydrogen (secondary N) is 1. The van der Waals surface area contributed by atoms with Crippen LogP contribution in [0.4, 0.5) is 14.7 Å². The predicted molar refractivity (Wildman–Crippen MR) is 113 cm³/mol. The molecule has 0 saturated carbocycles. The minimum atomic E-state index is -0.777. The van der Waals surface area contributed by atoms with Gasteiger partial charge in [-0.05, 0) is 54.3 Å². The van der Waals surface area contributed by atoms with Gasteiger partial charge in [-0.2, -0.15) is 0 Å². The number of hydrogen-bond acceptors (Lipinski definition) is 4. The van der Waals surface area contributed by atoms with Gasteiger partial charge in [-0.15, -0.1) is 0 Å². The second-order valence-electron chi connectivity index (χ2n) is 7.07. The van der Waals surface area contributed by atoms with Gasteiger partial charge in [0.1, 0.15) is 17.3 Å². The maximum Gasteiger partial charge on any atom is 0.239 e. The first-order chi connectivity index (χ1) is 15.0. The molecule has 0 aliphatic rings. The molecule has 2 heterocycles. The molecule has 0 aliphatic carbocycles. The Morgan fingerprint density at radius 1 is 1.06 bits per heavy atom. The van der Waals surface area contributed by atoms with Gasteiger partial charge in [-0.25, -0.2) is 8.78 Å². The molecule has 0 aliphatic heterocycles. The quantitative estimate of drug-likeness (QED) is 0.444. The second kappa shape index (κ2) is 8.87. The second-order valence-corrected chi connectivity index (χ2v) is 7.07. The van der Waals surface area contributed by atoms with Crippen molar-refractivity contribution in [1.82, 2.24) is 10.1 Å². The van der Waals surface area contributed by atoms with Crippen LogP contribution in [0.15, 0.2) is 71.5 Å². The van der Waals surface area contributed by atoms with Crippen LogP contribution in [-0.2, 0) is 11.2 Å². The molecule has 1 amide bonds. The van der Waals surface area contributed by atoms with E-state index in [-0.39, 0.29) is 29.5 Å². The van der Waals surface area contributed by atoms with Gasteiger partial charge in [0.25, 0.3) is 0 Å². The molecule has 0 fully saturated rings. The number of anilines is 1. The molecule has 0 atom stereocenters. The number of carbonyl (C=O) groups excluding carboxylic acids is 1. The zero-order valence-electron chi connectivity index (χ0n) is 16.7. The maximum absolute atomic E-state index is 14.4. The Balaban J connectivity index is 1.64. The van der Waals surface area contributed by atoms with Crippen LogP contribution < -0.4 is 5.32 Å². The third-order valence-electron chi connectivity index (χ3n) is 4.98. The number of halogens is 2. The van der Waals surface area contributed by atoms with E-state index in [1.807, 2.05) is 31.2 Å². The Hall–Kier alpha value is -3.87. The molecule has 4 rings (SSSR count). The summed E-state index contributed by atoms with van der Waals surface area (Å²) in [6, 6.07) is 14.5. The van der Waals surface area contributed by atoms with Crippen molar-refractivity contribution in [2.75, 3.05) is 5.32 Å². The molecular weight excluding hydrogens is 400 g/mol. The number of benzene rings is 2. The van der Waals surface area contributed by atoms with E-state index in [0.29, 0.717) is 17.5 Å². The van der Waals surface area contributed by atoms with E-state index < -0.39 is 11.6 Å². The highest BCUT2D eigenvalue weighted by Crippen LogP contribution is 2.38. The van der Waals surface area contributed by atoms with Crippen molar-refractivity contribution in [1.29, 1.82) is 0 Å². The molecule has 2 aromatic heterocycles. The van der Waals surface area contributed by atoms with Gasteiger partial charge in [0.15, 0.2) is 0 Å². The monoisotopic (exact) mass is 419 g/mol. The van der Waals surface area contributed by atoms with Gasteiger partial charge in [0, 0.05) is 30.4 Å². The van der Waals surface area contributed by atoms with Crippen molar-refractivity contribution in [3.8, 4) is 22.4 Å². The highest BCUT2D eigenvalue weighted by atomic mass is 19.1. The number of aromatic nitrogens is 2. The van der Waals surface area contributed by atoms with Crippen LogP contribution in [-0.4, -0.2) is 16.0 Å². The lowest BCUT2D eigenvalue weighted by molar-refractivity contribution is -0.116. The molecule has 0 spiro atoms. The molecule has 7 heteroatoms. The van der Waals surface area contributed by atoms with E-state index in [0.717, 1.165) is 23.3 Å². The number of aryl methyl sites for hydroxylation is 2. The van der Waals surface area contributed by atoms with E-state index in [1.165, 1.54) is 6.07 Å². The van der Waals surface area contributed by atoms with Gasteiger partial charge in [-0.1, -0.05) is 29.4 Å². The molecule has 156 valence electrons. The molecule has 5 nitrogen and oxygen atoms in total. The molecular formula is C24H19F2N3O2. The fraction of sp³-hybridized carbons (Fsp3) is 0.125. The Labute approximate surface area is 177 Å². The zero-order valence-corrected chi connectivity index (χ0v) is 16.7. The number of carbonyl (C=O) groups is 1. The highest BCUT2D eigenvalue weighted by molar-refractivity contribution is 5.97. The van der Waals surface area contributed by atoms with Crippen LogP contribution in [0.5, 0.6) is 0 Å². The smallest absolute Gasteiger partial charge is 0.239 e. The Kier molecular flexibility index (Phi) is 5.84. The van der Waals surface area contributed by atoms with E-state index in [9.17, 15) is 13.6 Å². The van der Waals surface area contributed by atoms with E-state index in [2.05, 4.69) is 15.5 Å². The van der Waals surface area contributed by atoms with Crippen molar-refractivity contribution in [2.24, 2.45) is 0 Å². The minimum Gasteiger partial charge on any atom is -0.337 e. The molecule has 0 saturated heterocycles. The first-order valence-corrected chi connectivity index (χ1v) is 9.73. The van der Waals surface area contributed by atoms with Crippen LogP contribution in [0.3, 0.4) is 0 Å². The predicted octanol–water partition coefficient (Wildman–Crippen LogP) is 5.56. The average Bonchev–Trinajstić information content (AvgIpc) is 3.17. The molecule has 1 N–H and O–H groups in total. The number of nitrogens with zero attached hydrogens (tertiary/aromatic N) is 2. The molecule has 2 aromatic carbocycles. The first kappa shape index (κ1) is 20.4. The van der Waals surface area contributed by atoms with Gasteiger partial charge in [0.2, 0.25) is 11.8 Å². The third-order valence-corrected chi connectivity index (χ3v) is 4.98. The van der Waals surface area contributed by atoms with Gasteiger partial charge < -0.3 is 4.52 Å². The number of rotatable bonds is 6. The van der Waals surface area contributed by atoms with E-state index >= 15 is 0 Å². The van der Waals surface area contributed by atoms with E-state index in [1.54, 1.807) is 24.5 Å². The highest BCUT2D eigenvalue weighted by Gasteiger charge is 2.23. The third kappa shape index (κ3) is 4.50. The lowest BCUT2D eigenvalue weighted by Gasteiger charge is -2.08. The Morgan fingerprint density at radius 2 is 1.84 bits per heavy atom. The average molecular weight is 419 g/mol. The summed E-state index contributed by atoms with van der Waals surface area (Å²) in [5.74, 6) is -1.64. The van der Waals surface area contributed by atoms with Crippen molar-refractivity contribution in [3.05, 3.63) is 89.8 Å². The standard InChI is InChI=1S/C24H19F2N3O2/c1-15-4-2-3-5-16(15)6-9-21(30)28-24-22(17-10-12-27-13-11-17)23(29-31-24)19-8-7-18(25)14-20(19)26/h2-5,7-8,10-14H,6,9H2,1H3,(H,28,30). The first-order valence-electron chi connectivity index (χ1n) is 9.73. The fourth-order valence-corrected chi connectivity index (χ4v) is 3.36. The Morgan fingerprint density at radius 3 is 2.58 bits per heavy atom. The van der Waals surface area contributed by atoms with Crippen molar-refractivity contribution in [3.63, 3.8) is 0 Å². The van der Waals surface area contributed by atoms with Gasteiger partial charge in [0.05, 0.1) is 5.56 Å². The summed E-state index contributed by atoms with van der Waals surface area (Å²) >= 11 is 0. The summed E-state index contributed by atoms with van der Waals surface area (Å²) < 4.78 is 33.2. The van der Waals surface area contributed by atoms with Gasteiger partial charge in [-0.3, -0.25) is 15.1 Å². The molecule has 4 aromatic rings. The number of pyridine rings is 1. The normalized spacial score (nSPS) is 10.8. The Bertz CT molecular complexity index is 1220. The van der Waals surface area contributed by atoms with Crippen molar-refractivity contribution >= 4 is 11.8 Å². The summed E-state index contributed by atoms with van der Waals surface area (Å²) in [6.45, 7) is 1.99. The van der Waals surface area contributed by atoms with Crippen LogP contribution in [0.1, 0.15) is 17.5 Å².